The summed E-state index contributed by atoms with van der Waals surface area (Å²) in [6, 6.07) is 8.79. The van der Waals surface area contributed by atoms with Gasteiger partial charge >= 0.3 is 0 Å². The fourth-order valence-electron chi connectivity index (χ4n) is 2.70. The van der Waals surface area contributed by atoms with Gasteiger partial charge in [0.1, 0.15) is 5.01 Å². The Hall–Kier alpha value is -1.23. The largest absolute Gasteiger partial charge is 0.330 e. The van der Waals surface area contributed by atoms with Gasteiger partial charge < -0.3 is 5.73 Å². The summed E-state index contributed by atoms with van der Waals surface area (Å²) in [6.07, 6.45) is 3.55. The van der Waals surface area contributed by atoms with E-state index in [-0.39, 0.29) is 0 Å². The molecular weight excluding hydrogens is 266 g/mol. The van der Waals surface area contributed by atoms with Gasteiger partial charge in [-0.15, -0.1) is 11.3 Å². The summed E-state index contributed by atoms with van der Waals surface area (Å²) in [5.74, 6) is 0. The Labute approximate surface area is 124 Å². The average Bonchev–Trinajstić information content (AvgIpc) is 3.11. The van der Waals surface area contributed by atoms with Crippen LogP contribution < -0.4 is 5.73 Å². The zero-order valence-electron chi connectivity index (χ0n) is 11.7. The van der Waals surface area contributed by atoms with Crippen LogP contribution in [0.25, 0.3) is 10.6 Å². The van der Waals surface area contributed by atoms with Crippen molar-refractivity contribution >= 4 is 11.3 Å². The van der Waals surface area contributed by atoms with Crippen molar-refractivity contribution in [2.24, 2.45) is 5.73 Å². The molecule has 1 saturated heterocycles. The molecule has 1 aliphatic rings. The molecular formula is C16H21N3S. The lowest BCUT2D eigenvalue weighted by Crippen LogP contribution is -2.18. The maximum atomic E-state index is 5.58. The molecule has 0 amide bonds. The molecule has 1 aromatic carbocycles. The van der Waals surface area contributed by atoms with Crippen LogP contribution in [0.4, 0.5) is 0 Å². The molecule has 0 aliphatic carbocycles. The maximum absolute atomic E-state index is 5.58. The number of aromatic nitrogens is 1. The second-order valence-electron chi connectivity index (χ2n) is 5.37. The molecule has 20 heavy (non-hydrogen) atoms. The van der Waals surface area contributed by atoms with Gasteiger partial charge in [0.2, 0.25) is 0 Å². The molecule has 2 heterocycles. The predicted molar refractivity (Wildman–Crippen MR) is 84.8 cm³/mol. The van der Waals surface area contributed by atoms with E-state index in [0.29, 0.717) is 6.54 Å². The number of likely N-dealkylation sites (tertiary alicyclic amines) is 1. The molecule has 1 fully saturated rings. The van der Waals surface area contributed by atoms with E-state index in [1.165, 1.54) is 37.1 Å². The second-order valence-corrected chi connectivity index (χ2v) is 6.22. The van der Waals surface area contributed by atoms with Crippen LogP contribution >= 0.6 is 11.3 Å². The summed E-state index contributed by atoms with van der Waals surface area (Å²) in [4.78, 5) is 7.20. The van der Waals surface area contributed by atoms with Gasteiger partial charge in [0, 0.05) is 23.9 Å². The number of hydrogen-bond acceptors (Lipinski definition) is 4. The third kappa shape index (κ3) is 3.26. The first-order chi connectivity index (χ1) is 9.85. The highest BCUT2D eigenvalue weighted by atomic mass is 32.1. The van der Waals surface area contributed by atoms with E-state index in [1.54, 1.807) is 11.3 Å². The van der Waals surface area contributed by atoms with E-state index < -0.39 is 0 Å². The lowest BCUT2D eigenvalue weighted by molar-refractivity contribution is 0.331. The molecule has 0 saturated carbocycles. The average molecular weight is 287 g/mol. The summed E-state index contributed by atoms with van der Waals surface area (Å²) in [5.41, 5.74) is 9.31. The third-order valence-corrected chi connectivity index (χ3v) is 4.67. The Bertz CT molecular complexity index is 558. The minimum Gasteiger partial charge on any atom is -0.330 e. The fraction of sp³-hybridized carbons (Fsp3) is 0.438. The Kier molecular flexibility index (Phi) is 4.45. The van der Waals surface area contributed by atoms with Crippen LogP contribution in [0.3, 0.4) is 0 Å². The fourth-order valence-corrected chi connectivity index (χ4v) is 3.56. The van der Waals surface area contributed by atoms with Gasteiger partial charge in [-0.3, -0.25) is 4.90 Å². The first-order valence-electron chi connectivity index (χ1n) is 7.31. The number of nitrogens with zero attached hydrogens (tertiary/aromatic N) is 2. The maximum Gasteiger partial charge on any atom is 0.123 e. The molecule has 1 aliphatic heterocycles. The molecule has 2 N–H and O–H groups in total. The molecule has 3 rings (SSSR count). The van der Waals surface area contributed by atoms with Crippen LogP contribution in [0.2, 0.25) is 0 Å². The van der Waals surface area contributed by atoms with Crippen molar-refractivity contribution in [2.75, 3.05) is 19.6 Å². The molecule has 3 nitrogen and oxygen atoms in total. The Balaban J connectivity index is 1.75. The van der Waals surface area contributed by atoms with E-state index in [4.69, 9.17) is 5.73 Å². The molecule has 0 unspecified atom stereocenters. The highest BCUT2D eigenvalue weighted by Crippen LogP contribution is 2.25. The van der Waals surface area contributed by atoms with Gasteiger partial charge in [0.05, 0.1) is 5.69 Å². The third-order valence-electron chi connectivity index (χ3n) is 3.73. The van der Waals surface area contributed by atoms with Crippen LogP contribution in [-0.2, 0) is 13.0 Å². The smallest absolute Gasteiger partial charge is 0.123 e. The Morgan fingerprint density at radius 1 is 1.25 bits per heavy atom. The van der Waals surface area contributed by atoms with E-state index in [9.17, 15) is 0 Å². The Morgan fingerprint density at radius 2 is 2.10 bits per heavy atom. The summed E-state index contributed by atoms with van der Waals surface area (Å²) >= 11 is 1.71. The van der Waals surface area contributed by atoms with Gasteiger partial charge in [0.15, 0.2) is 0 Å². The normalized spacial score (nSPS) is 15.8. The lowest BCUT2D eigenvalue weighted by atomic mass is 10.1. The first kappa shape index (κ1) is 13.7. The molecule has 1 aromatic heterocycles. The zero-order chi connectivity index (χ0) is 13.8. The number of thiazole rings is 1. The van der Waals surface area contributed by atoms with E-state index in [0.717, 1.165) is 23.7 Å². The molecule has 0 radical (unpaired) electrons. The van der Waals surface area contributed by atoms with Gasteiger partial charge in [-0.05, 0) is 44.1 Å². The monoisotopic (exact) mass is 287 g/mol. The van der Waals surface area contributed by atoms with Crippen LogP contribution in [0.1, 0.15) is 24.1 Å². The highest BCUT2D eigenvalue weighted by Gasteiger charge is 2.12. The van der Waals surface area contributed by atoms with Crippen LogP contribution in [0.15, 0.2) is 29.6 Å². The molecule has 0 bridgehead atoms. The number of nitrogens with two attached hydrogens (primary N) is 1. The molecule has 4 heteroatoms. The van der Waals surface area contributed by atoms with Crippen molar-refractivity contribution in [3.63, 3.8) is 0 Å². The minimum absolute atomic E-state index is 0.665. The van der Waals surface area contributed by atoms with Crippen molar-refractivity contribution in [1.29, 1.82) is 0 Å². The van der Waals surface area contributed by atoms with E-state index in [2.05, 4.69) is 39.5 Å². The second kappa shape index (κ2) is 6.48. The summed E-state index contributed by atoms with van der Waals surface area (Å²) in [7, 11) is 0. The van der Waals surface area contributed by atoms with E-state index in [1.807, 2.05) is 0 Å². The molecule has 0 atom stereocenters. The zero-order valence-corrected chi connectivity index (χ0v) is 12.5. The number of hydrogen-bond donors (Lipinski definition) is 1. The molecule has 2 aromatic rings. The van der Waals surface area contributed by atoms with Crippen LogP contribution in [-0.4, -0.2) is 29.5 Å². The molecule has 106 valence electrons. The SMILES string of the molecule is NCCc1csc(-c2cccc(CN3CCCC3)c2)n1. The van der Waals surface area contributed by atoms with Crippen LogP contribution in [0, 0.1) is 0 Å². The van der Waals surface area contributed by atoms with Crippen molar-refractivity contribution < 1.29 is 0 Å². The Morgan fingerprint density at radius 3 is 2.90 bits per heavy atom. The summed E-state index contributed by atoms with van der Waals surface area (Å²) in [5, 5.41) is 3.23. The lowest BCUT2D eigenvalue weighted by Gasteiger charge is -2.14. The molecule has 0 spiro atoms. The van der Waals surface area contributed by atoms with Crippen molar-refractivity contribution in [3.8, 4) is 10.6 Å². The highest BCUT2D eigenvalue weighted by molar-refractivity contribution is 7.13. The van der Waals surface area contributed by atoms with Gasteiger partial charge in [-0.25, -0.2) is 4.98 Å². The van der Waals surface area contributed by atoms with Gasteiger partial charge in [-0.1, -0.05) is 18.2 Å². The van der Waals surface area contributed by atoms with E-state index >= 15 is 0 Å². The minimum atomic E-state index is 0.665. The topological polar surface area (TPSA) is 42.1 Å². The number of benzene rings is 1. The van der Waals surface area contributed by atoms with Crippen LogP contribution in [0.5, 0.6) is 0 Å². The summed E-state index contributed by atoms with van der Waals surface area (Å²) in [6.45, 7) is 4.21. The standard InChI is InChI=1S/C16H21N3S/c17-7-6-15-12-20-16(18-15)14-5-3-4-13(10-14)11-19-8-1-2-9-19/h3-5,10,12H,1-2,6-9,11,17H2. The van der Waals surface area contributed by atoms with Crippen molar-refractivity contribution in [2.45, 2.75) is 25.8 Å². The number of rotatable bonds is 5. The first-order valence-corrected chi connectivity index (χ1v) is 8.19. The van der Waals surface area contributed by atoms with Gasteiger partial charge in [0.25, 0.3) is 0 Å². The van der Waals surface area contributed by atoms with Crippen molar-refractivity contribution in [3.05, 3.63) is 40.9 Å². The quantitative estimate of drug-likeness (QED) is 0.919. The summed E-state index contributed by atoms with van der Waals surface area (Å²) < 4.78 is 0. The predicted octanol–water partition coefficient (Wildman–Crippen LogP) is 2.91. The van der Waals surface area contributed by atoms with Gasteiger partial charge in [-0.2, -0.15) is 0 Å². The van der Waals surface area contributed by atoms with Crippen molar-refractivity contribution in [1.82, 2.24) is 9.88 Å².